The molecular weight excluding hydrogens is 511 g/mol. The fraction of sp³-hybridized carbons (Fsp3) is 0.727. The van der Waals surface area contributed by atoms with Gasteiger partial charge in [0.05, 0.1) is 0 Å². The Morgan fingerprint density at radius 1 is 0.629 bits per heavy atom. The van der Waals surface area contributed by atoms with Crippen LogP contribution in [-0.2, 0) is 6.42 Å². The predicted octanol–water partition coefficient (Wildman–Crippen LogP) is 9.04. The molecule has 0 N–H and O–H groups in total. The lowest BCUT2D eigenvalue weighted by molar-refractivity contribution is -0.443. The van der Waals surface area contributed by atoms with Crippen molar-refractivity contribution < 1.29 is 57.1 Å². The molecule has 0 nitrogen and oxygen atoms in total. The van der Waals surface area contributed by atoms with Crippen LogP contribution in [0.5, 0.6) is 0 Å². The van der Waals surface area contributed by atoms with Crippen molar-refractivity contribution in [2.24, 2.45) is 5.92 Å². The Morgan fingerprint density at radius 2 is 1.09 bits per heavy atom. The fourth-order valence-electron chi connectivity index (χ4n) is 4.16. The molecular formula is C22H23F13. The number of halogens is 13. The predicted molar refractivity (Wildman–Crippen MR) is 101 cm³/mol. The van der Waals surface area contributed by atoms with Gasteiger partial charge in [-0.2, -0.15) is 57.1 Å². The standard InChI is InChI=1S/C22H23F13/c1-2-3-4-13-5-7-14(8-6-13)15-9-11-16(12-10-15)17(23,24)18(25,26)19(27,28)20(29,30)21(31,32)22(33,34)35/h5-8,15-16H,2-4,9-12H2,1H3. The molecule has 1 aliphatic rings. The Balaban J connectivity index is 2.21. The van der Waals surface area contributed by atoms with E-state index in [1.54, 1.807) is 24.3 Å². The van der Waals surface area contributed by atoms with Gasteiger partial charge in [0.2, 0.25) is 0 Å². The van der Waals surface area contributed by atoms with Crippen molar-refractivity contribution >= 4 is 0 Å². The number of aryl methyl sites for hydroxylation is 1. The third kappa shape index (κ3) is 4.97. The van der Waals surface area contributed by atoms with Gasteiger partial charge in [-0.25, -0.2) is 0 Å². The number of hydrogen-bond donors (Lipinski definition) is 0. The maximum Gasteiger partial charge on any atom is 0.460 e. The molecule has 0 aliphatic heterocycles. The first-order valence-electron chi connectivity index (χ1n) is 10.8. The first-order chi connectivity index (χ1) is 15.8. The molecule has 35 heavy (non-hydrogen) atoms. The highest BCUT2D eigenvalue weighted by Gasteiger charge is 2.91. The molecule has 0 atom stereocenters. The summed E-state index contributed by atoms with van der Waals surface area (Å²) in [5.74, 6) is -39.5. The number of alkyl halides is 13. The van der Waals surface area contributed by atoms with Gasteiger partial charge in [-0.3, -0.25) is 0 Å². The molecule has 1 aromatic carbocycles. The quantitative estimate of drug-likeness (QED) is 0.277. The molecule has 0 heterocycles. The smallest absolute Gasteiger partial charge is 0.199 e. The van der Waals surface area contributed by atoms with Crippen LogP contribution >= 0.6 is 0 Å². The minimum atomic E-state index is -7.85. The van der Waals surface area contributed by atoms with Gasteiger partial charge in [0.25, 0.3) is 0 Å². The van der Waals surface area contributed by atoms with Gasteiger partial charge in [0.1, 0.15) is 0 Å². The molecule has 0 bridgehead atoms. The lowest BCUT2D eigenvalue weighted by Crippen LogP contribution is -2.71. The highest BCUT2D eigenvalue weighted by atomic mass is 19.4. The van der Waals surface area contributed by atoms with Crippen molar-refractivity contribution in [3.05, 3.63) is 35.4 Å². The lowest BCUT2D eigenvalue weighted by atomic mass is 9.74. The van der Waals surface area contributed by atoms with Crippen LogP contribution in [0.3, 0.4) is 0 Å². The topological polar surface area (TPSA) is 0 Å². The zero-order valence-electron chi connectivity index (χ0n) is 18.3. The van der Waals surface area contributed by atoms with Crippen LogP contribution in [-0.4, -0.2) is 35.8 Å². The average Bonchev–Trinajstić information content (AvgIpc) is 2.76. The summed E-state index contributed by atoms with van der Waals surface area (Å²) in [6.07, 6.45) is -6.91. The molecule has 202 valence electrons. The zero-order chi connectivity index (χ0) is 27.1. The van der Waals surface area contributed by atoms with Gasteiger partial charge in [0, 0.05) is 5.92 Å². The van der Waals surface area contributed by atoms with Crippen molar-refractivity contribution in [3.8, 4) is 0 Å². The van der Waals surface area contributed by atoms with Crippen LogP contribution in [0.15, 0.2) is 24.3 Å². The zero-order valence-corrected chi connectivity index (χ0v) is 18.3. The minimum absolute atomic E-state index is 0.231. The van der Waals surface area contributed by atoms with Crippen LogP contribution in [0, 0.1) is 5.92 Å². The summed E-state index contributed by atoms with van der Waals surface area (Å²) >= 11 is 0. The molecule has 0 radical (unpaired) electrons. The molecule has 1 aromatic rings. The van der Waals surface area contributed by atoms with Gasteiger partial charge in [-0.1, -0.05) is 37.6 Å². The van der Waals surface area contributed by atoms with E-state index in [-0.39, 0.29) is 12.8 Å². The molecule has 0 aromatic heterocycles. The van der Waals surface area contributed by atoms with E-state index in [0.717, 1.165) is 24.8 Å². The summed E-state index contributed by atoms with van der Waals surface area (Å²) < 4.78 is 174. The summed E-state index contributed by atoms with van der Waals surface area (Å²) in [6, 6.07) is 6.94. The maximum absolute atomic E-state index is 14.4. The third-order valence-corrected chi connectivity index (χ3v) is 6.47. The molecule has 0 saturated heterocycles. The van der Waals surface area contributed by atoms with Gasteiger partial charge in [-0.15, -0.1) is 0 Å². The van der Waals surface area contributed by atoms with Crippen LogP contribution in [0.4, 0.5) is 57.1 Å². The van der Waals surface area contributed by atoms with E-state index >= 15 is 0 Å². The van der Waals surface area contributed by atoms with Crippen LogP contribution in [0.25, 0.3) is 0 Å². The Bertz CT molecular complexity index is 832. The van der Waals surface area contributed by atoms with Gasteiger partial charge in [-0.05, 0) is 55.6 Å². The van der Waals surface area contributed by atoms with E-state index in [9.17, 15) is 57.1 Å². The molecule has 1 aliphatic carbocycles. The highest BCUT2D eigenvalue weighted by Crippen LogP contribution is 2.62. The molecule has 13 heteroatoms. The first-order valence-corrected chi connectivity index (χ1v) is 10.8. The summed E-state index contributed by atoms with van der Waals surface area (Å²) in [5.41, 5.74) is 1.65. The maximum atomic E-state index is 14.4. The fourth-order valence-corrected chi connectivity index (χ4v) is 4.16. The number of rotatable bonds is 9. The van der Waals surface area contributed by atoms with Crippen molar-refractivity contribution in [2.75, 3.05) is 0 Å². The Morgan fingerprint density at radius 3 is 1.51 bits per heavy atom. The van der Waals surface area contributed by atoms with E-state index in [1.807, 2.05) is 6.92 Å². The minimum Gasteiger partial charge on any atom is -0.199 e. The second-order valence-corrected chi connectivity index (χ2v) is 8.81. The molecule has 1 fully saturated rings. The molecule has 1 saturated carbocycles. The van der Waals surface area contributed by atoms with Crippen molar-refractivity contribution in [1.29, 1.82) is 0 Å². The second-order valence-electron chi connectivity index (χ2n) is 8.81. The Labute approximate surface area is 192 Å². The van der Waals surface area contributed by atoms with E-state index in [1.165, 1.54) is 0 Å². The molecule has 0 spiro atoms. The summed E-state index contributed by atoms with van der Waals surface area (Å²) in [4.78, 5) is 0. The Kier molecular flexibility index (Phi) is 8.14. The summed E-state index contributed by atoms with van der Waals surface area (Å²) in [6.45, 7) is 1.99. The SMILES string of the molecule is CCCCc1ccc(C2CCC(C(F)(F)C(F)(F)C(F)(F)C(F)(F)C(F)(F)C(F)(F)F)CC2)cc1. The molecule has 0 unspecified atom stereocenters. The van der Waals surface area contributed by atoms with E-state index in [4.69, 9.17) is 0 Å². The normalized spacial score (nSPS) is 21.3. The molecule has 2 rings (SSSR count). The first kappa shape index (κ1) is 29.5. The van der Waals surface area contributed by atoms with Crippen LogP contribution < -0.4 is 0 Å². The second kappa shape index (κ2) is 9.64. The van der Waals surface area contributed by atoms with E-state index in [0.29, 0.717) is 5.56 Å². The number of unbranched alkanes of at least 4 members (excludes halogenated alkanes) is 1. The summed E-state index contributed by atoms with van der Waals surface area (Å²) in [5, 5.41) is 0. The Hall–Kier alpha value is -1.69. The van der Waals surface area contributed by atoms with Gasteiger partial charge >= 0.3 is 35.8 Å². The van der Waals surface area contributed by atoms with Gasteiger partial charge in [0.15, 0.2) is 0 Å². The van der Waals surface area contributed by atoms with Crippen LogP contribution in [0.2, 0.25) is 0 Å². The lowest BCUT2D eigenvalue weighted by Gasteiger charge is -2.43. The van der Waals surface area contributed by atoms with Gasteiger partial charge < -0.3 is 0 Å². The van der Waals surface area contributed by atoms with E-state index < -0.39 is 60.5 Å². The van der Waals surface area contributed by atoms with Crippen molar-refractivity contribution in [1.82, 2.24) is 0 Å². The van der Waals surface area contributed by atoms with Crippen molar-refractivity contribution in [3.63, 3.8) is 0 Å². The monoisotopic (exact) mass is 534 g/mol. The van der Waals surface area contributed by atoms with Crippen LogP contribution in [0.1, 0.15) is 62.5 Å². The number of hydrogen-bond acceptors (Lipinski definition) is 0. The van der Waals surface area contributed by atoms with Crippen molar-refractivity contribution in [2.45, 2.75) is 93.6 Å². The average molecular weight is 534 g/mol. The largest absolute Gasteiger partial charge is 0.460 e. The molecule has 0 amide bonds. The highest BCUT2D eigenvalue weighted by molar-refractivity contribution is 5.26. The summed E-state index contributed by atoms with van der Waals surface area (Å²) in [7, 11) is 0. The number of benzene rings is 1. The third-order valence-electron chi connectivity index (χ3n) is 6.47. The van der Waals surface area contributed by atoms with E-state index in [2.05, 4.69) is 0 Å².